The molecule has 0 unspecified atom stereocenters. The molecule has 0 saturated carbocycles. The molecule has 0 aliphatic rings. The molecule has 6 aromatic rings. The molecule has 6 aromatic carbocycles. The number of benzene rings is 4. The van der Waals surface area contributed by atoms with E-state index in [9.17, 15) is 0 Å². The summed E-state index contributed by atoms with van der Waals surface area (Å²) in [7, 11) is 0. The van der Waals surface area contributed by atoms with E-state index in [1.165, 1.54) is 65.3 Å². The van der Waals surface area contributed by atoms with Crippen molar-refractivity contribution in [2.24, 2.45) is 0 Å². The zero-order valence-electron chi connectivity index (χ0n) is 18.7. The molecule has 0 spiro atoms. The topological polar surface area (TPSA) is 0 Å². The van der Waals surface area contributed by atoms with Gasteiger partial charge in [-0.1, -0.05) is 70.8 Å². The van der Waals surface area contributed by atoms with Crippen LogP contribution in [-0.4, -0.2) is 0 Å². The summed E-state index contributed by atoms with van der Waals surface area (Å²) in [5.41, 5.74) is 5.31. The van der Waals surface area contributed by atoms with Gasteiger partial charge in [0, 0.05) is 32.7 Å². The van der Waals surface area contributed by atoms with E-state index >= 15 is 0 Å². The van der Waals surface area contributed by atoms with E-state index in [-0.39, 0.29) is 32.7 Å². The van der Waals surface area contributed by atoms with E-state index in [0.717, 1.165) is 0 Å². The van der Waals surface area contributed by atoms with Crippen molar-refractivity contribution in [3.63, 3.8) is 0 Å². The second kappa shape index (κ2) is 8.69. The van der Waals surface area contributed by atoms with Gasteiger partial charge < -0.3 is 0 Å². The standard InChI is InChI=1S/2C15H13.Y/c2*1-10-3-5-14-12(7-10)9-13-8-11(2)4-6-15(13)14;/h2*3-9H,1-2H3;/q2*-1;. The maximum absolute atomic E-state index is 2.28. The normalized spacial score (nSPS) is 11.0. The summed E-state index contributed by atoms with van der Waals surface area (Å²) in [6.45, 7) is 8.56. The molecule has 0 fully saturated rings. The Morgan fingerprint density at radius 3 is 0.839 bits per heavy atom. The van der Waals surface area contributed by atoms with Crippen LogP contribution in [0.15, 0.2) is 84.9 Å². The van der Waals surface area contributed by atoms with E-state index < -0.39 is 0 Å². The van der Waals surface area contributed by atoms with E-state index in [2.05, 4.69) is 113 Å². The molecule has 151 valence electrons. The summed E-state index contributed by atoms with van der Waals surface area (Å²) in [5, 5.41) is 10.9. The second-order valence-electron chi connectivity index (χ2n) is 8.65. The predicted octanol–water partition coefficient (Wildman–Crippen LogP) is 8.65. The largest absolute Gasteiger partial charge is 0.126 e. The molecular weight excluding hydrogens is 449 g/mol. The number of hydrogen-bond donors (Lipinski definition) is 0. The monoisotopic (exact) mass is 475 g/mol. The van der Waals surface area contributed by atoms with Crippen molar-refractivity contribution in [3.8, 4) is 0 Å². The third kappa shape index (κ3) is 4.25. The quantitative estimate of drug-likeness (QED) is 0.193. The van der Waals surface area contributed by atoms with E-state index in [1.807, 2.05) is 0 Å². The number of fused-ring (bicyclic) bond motifs is 6. The summed E-state index contributed by atoms with van der Waals surface area (Å²) >= 11 is 0. The molecule has 31 heavy (non-hydrogen) atoms. The van der Waals surface area contributed by atoms with Crippen molar-refractivity contribution >= 4 is 43.1 Å². The zero-order chi connectivity index (χ0) is 20.8. The first kappa shape index (κ1) is 21.9. The second-order valence-corrected chi connectivity index (χ2v) is 8.65. The first-order valence-electron chi connectivity index (χ1n) is 10.6. The number of hydrogen-bond acceptors (Lipinski definition) is 0. The van der Waals surface area contributed by atoms with Gasteiger partial charge in [0.2, 0.25) is 0 Å². The fourth-order valence-electron chi connectivity index (χ4n) is 4.52. The molecule has 0 aliphatic heterocycles. The number of rotatable bonds is 0. The Morgan fingerprint density at radius 2 is 0.613 bits per heavy atom. The molecule has 0 aliphatic carbocycles. The Kier molecular flexibility index (Phi) is 6.15. The van der Waals surface area contributed by atoms with Gasteiger partial charge in [-0.05, 0) is 27.7 Å². The van der Waals surface area contributed by atoms with Gasteiger partial charge >= 0.3 is 0 Å². The van der Waals surface area contributed by atoms with Gasteiger partial charge in [0.1, 0.15) is 0 Å². The van der Waals surface area contributed by atoms with Crippen LogP contribution in [0, 0.1) is 27.7 Å². The molecule has 0 heterocycles. The molecule has 6 rings (SSSR count). The van der Waals surface area contributed by atoms with E-state index in [1.54, 1.807) is 0 Å². The summed E-state index contributed by atoms with van der Waals surface area (Å²) in [6, 6.07) is 31.2. The Morgan fingerprint density at radius 1 is 0.387 bits per heavy atom. The Labute approximate surface area is 209 Å². The third-order valence-corrected chi connectivity index (χ3v) is 6.03. The van der Waals surface area contributed by atoms with Crippen LogP contribution in [0.25, 0.3) is 43.1 Å². The van der Waals surface area contributed by atoms with Gasteiger partial charge in [0.05, 0.1) is 0 Å². The van der Waals surface area contributed by atoms with Crippen molar-refractivity contribution in [1.29, 1.82) is 0 Å². The molecule has 0 aromatic heterocycles. The van der Waals surface area contributed by atoms with E-state index in [4.69, 9.17) is 0 Å². The van der Waals surface area contributed by atoms with Crippen LogP contribution in [-0.2, 0) is 32.7 Å². The van der Waals surface area contributed by atoms with Crippen molar-refractivity contribution in [1.82, 2.24) is 0 Å². The van der Waals surface area contributed by atoms with Crippen molar-refractivity contribution in [3.05, 3.63) is 107 Å². The maximum Gasteiger partial charge on any atom is 0 e. The molecule has 0 atom stereocenters. The predicted molar refractivity (Wildman–Crippen MR) is 133 cm³/mol. The molecular formula is C30H26Y-2. The smallest absolute Gasteiger partial charge is 0 e. The van der Waals surface area contributed by atoms with Crippen LogP contribution >= 0.6 is 0 Å². The minimum Gasteiger partial charge on any atom is -0.126 e. The van der Waals surface area contributed by atoms with Crippen LogP contribution < -0.4 is 0 Å². The van der Waals surface area contributed by atoms with Crippen molar-refractivity contribution < 1.29 is 32.7 Å². The SMILES string of the molecule is Cc1ccc2c(c1)[cH-]c1cc(C)ccc12.Cc1ccc2c(c1)[cH-]c1cc(C)ccc12.[Y]. The molecule has 0 nitrogen and oxygen atoms in total. The Balaban J connectivity index is 0.000000144. The van der Waals surface area contributed by atoms with Gasteiger partial charge in [0.25, 0.3) is 0 Å². The molecule has 1 radical (unpaired) electrons. The van der Waals surface area contributed by atoms with Crippen molar-refractivity contribution in [2.75, 3.05) is 0 Å². The van der Waals surface area contributed by atoms with Crippen LogP contribution in [0.1, 0.15) is 22.3 Å². The molecule has 0 saturated heterocycles. The maximum atomic E-state index is 2.28. The van der Waals surface area contributed by atoms with Gasteiger partial charge in [-0.15, -0.1) is 79.5 Å². The summed E-state index contributed by atoms with van der Waals surface area (Å²) in [5.74, 6) is 0. The Hall–Kier alpha value is -2.28. The molecule has 0 bridgehead atoms. The number of aryl methyl sites for hydroxylation is 4. The average Bonchev–Trinajstić information content (AvgIpc) is 3.23. The summed E-state index contributed by atoms with van der Waals surface area (Å²) < 4.78 is 0. The average molecular weight is 475 g/mol. The molecule has 1 heteroatoms. The fourth-order valence-corrected chi connectivity index (χ4v) is 4.52. The Bertz CT molecular complexity index is 1290. The minimum absolute atomic E-state index is 0. The van der Waals surface area contributed by atoms with Crippen LogP contribution in [0.3, 0.4) is 0 Å². The minimum atomic E-state index is 0. The van der Waals surface area contributed by atoms with Gasteiger partial charge in [0.15, 0.2) is 0 Å². The van der Waals surface area contributed by atoms with Crippen LogP contribution in [0.2, 0.25) is 0 Å². The first-order valence-corrected chi connectivity index (χ1v) is 10.6. The summed E-state index contributed by atoms with van der Waals surface area (Å²) in [4.78, 5) is 0. The van der Waals surface area contributed by atoms with Gasteiger partial charge in [-0.3, -0.25) is 0 Å². The molecule has 0 amide bonds. The van der Waals surface area contributed by atoms with Crippen LogP contribution in [0.4, 0.5) is 0 Å². The van der Waals surface area contributed by atoms with Gasteiger partial charge in [-0.25, -0.2) is 0 Å². The van der Waals surface area contributed by atoms with Crippen LogP contribution in [0.5, 0.6) is 0 Å². The third-order valence-electron chi connectivity index (χ3n) is 6.03. The fraction of sp³-hybridized carbons (Fsp3) is 0.133. The summed E-state index contributed by atoms with van der Waals surface area (Å²) in [6.07, 6.45) is 0. The first-order chi connectivity index (χ1) is 14.5. The van der Waals surface area contributed by atoms with E-state index in [0.29, 0.717) is 0 Å². The van der Waals surface area contributed by atoms with Crippen molar-refractivity contribution in [2.45, 2.75) is 27.7 Å². The molecule has 0 N–H and O–H groups in total. The zero-order valence-corrected chi connectivity index (χ0v) is 21.5. The van der Waals surface area contributed by atoms with Gasteiger partial charge in [-0.2, -0.15) is 0 Å².